The standard InChI is InChI=1S/C14H19F3N2/c1-11-6-8-19(9-7-18-11)10-12-2-4-13(5-3-12)14(15,16)17/h2-5,11,18H,6-10H2,1H3. The fourth-order valence-electron chi connectivity index (χ4n) is 2.27. The molecule has 19 heavy (non-hydrogen) atoms. The fraction of sp³-hybridized carbons (Fsp3) is 0.571. The van der Waals surface area contributed by atoms with Crippen LogP contribution in [-0.2, 0) is 12.7 Å². The highest BCUT2D eigenvalue weighted by atomic mass is 19.4. The summed E-state index contributed by atoms with van der Waals surface area (Å²) in [4.78, 5) is 2.28. The first-order valence-corrected chi connectivity index (χ1v) is 6.57. The van der Waals surface area contributed by atoms with E-state index < -0.39 is 11.7 Å². The molecule has 0 spiro atoms. The van der Waals surface area contributed by atoms with E-state index in [1.807, 2.05) is 0 Å². The highest BCUT2D eigenvalue weighted by molar-refractivity contribution is 5.24. The van der Waals surface area contributed by atoms with Gasteiger partial charge >= 0.3 is 6.18 Å². The molecule has 106 valence electrons. The minimum absolute atomic E-state index is 0.512. The maximum atomic E-state index is 12.5. The largest absolute Gasteiger partial charge is 0.416 e. The minimum atomic E-state index is -4.25. The highest BCUT2D eigenvalue weighted by Gasteiger charge is 2.29. The average Bonchev–Trinajstić information content (AvgIpc) is 2.54. The minimum Gasteiger partial charge on any atom is -0.313 e. The SMILES string of the molecule is CC1CCN(Cc2ccc(C(F)(F)F)cc2)CCN1. The summed E-state index contributed by atoms with van der Waals surface area (Å²) in [5.74, 6) is 0. The van der Waals surface area contributed by atoms with E-state index in [0.717, 1.165) is 43.8 Å². The second-order valence-corrected chi connectivity index (χ2v) is 5.11. The first-order chi connectivity index (χ1) is 8.95. The predicted molar refractivity (Wildman–Crippen MR) is 68.8 cm³/mol. The summed E-state index contributed by atoms with van der Waals surface area (Å²) in [6.45, 7) is 5.72. The van der Waals surface area contributed by atoms with E-state index in [1.54, 1.807) is 12.1 Å². The van der Waals surface area contributed by atoms with Gasteiger partial charge in [-0.1, -0.05) is 12.1 Å². The monoisotopic (exact) mass is 272 g/mol. The summed E-state index contributed by atoms with van der Waals surface area (Å²) < 4.78 is 37.4. The lowest BCUT2D eigenvalue weighted by Crippen LogP contribution is -2.28. The van der Waals surface area contributed by atoms with Gasteiger partial charge in [-0.25, -0.2) is 0 Å². The Morgan fingerprint density at radius 2 is 1.89 bits per heavy atom. The zero-order valence-electron chi connectivity index (χ0n) is 11.0. The van der Waals surface area contributed by atoms with Crippen LogP contribution in [0.3, 0.4) is 0 Å². The van der Waals surface area contributed by atoms with Crippen molar-refractivity contribution in [3.05, 3.63) is 35.4 Å². The first kappa shape index (κ1) is 14.3. The van der Waals surface area contributed by atoms with Crippen LogP contribution in [0.5, 0.6) is 0 Å². The second kappa shape index (κ2) is 5.92. The molecular formula is C14H19F3N2. The summed E-state index contributed by atoms with van der Waals surface area (Å²) in [7, 11) is 0. The Balaban J connectivity index is 1.96. The van der Waals surface area contributed by atoms with Crippen LogP contribution >= 0.6 is 0 Å². The summed E-state index contributed by atoms with van der Waals surface area (Å²) in [6, 6.07) is 5.98. The molecule has 1 aromatic rings. The number of halogens is 3. The van der Waals surface area contributed by atoms with Crippen LogP contribution < -0.4 is 5.32 Å². The van der Waals surface area contributed by atoms with E-state index in [-0.39, 0.29) is 0 Å². The molecule has 0 bridgehead atoms. The molecule has 0 aliphatic carbocycles. The summed E-state index contributed by atoms with van der Waals surface area (Å²) in [5, 5.41) is 3.40. The van der Waals surface area contributed by atoms with Crippen molar-refractivity contribution in [3.8, 4) is 0 Å². The Kier molecular flexibility index (Phi) is 4.47. The third kappa shape index (κ3) is 4.21. The summed E-state index contributed by atoms with van der Waals surface area (Å²) in [6.07, 6.45) is -3.18. The van der Waals surface area contributed by atoms with Crippen molar-refractivity contribution in [1.82, 2.24) is 10.2 Å². The Bertz CT molecular complexity index is 400. The zero-order chi connectivity index (χ0) is 13.9. The van der Waals surface area contributed by atoms with Gasteiger partial charge in [-0.05, 0) is 31.0 Å². The van der Waals surface area contributed by atoms with E-state index in [2.05, 4.69) is 17.1 Å². The maximum absolute atomic E-state index is 12.5. The number of hydrogen-bond acceptors (Lipinski definition) is 2. The van der Waals surface area contributed by atoms with Gasteiger partial charge in [0.25, 0.3) is 0 Å². The van der Waals surface area contributed by atoms with Crippen LogP contribution in [0.4, 0.5) is 13.2 Å². The number of alkyl halides is 3. The topological polar surface area (TPSA) is 15.3 Å². The van der Waals surface area contributed by atoms with E-state index in [0.29, 0.717) is 12.6 Å². The number of nitrogens with one attached hydrogen (secondary N) is 1. The number of rotatable bonds is 2. The van der Waals surface area contributed by atoms with Crippen LogP contribution in [0.1, 0.15) is 24.5 Å². The molecule has 0 radical (unpaired) electrons. The third-order valence-electron chi connectivity index (χ3n) is 3.49. The Morgan fingerprint density at radius 1 is 1.21 bits per heavy atom. The van der Waals surface area contributed by atoms with Gasteiger partial charge in [-0.2, -0.15) is 13.2 Å². The molecule has 2 rings (SSSR count). The molecule has 2 nitrogen and oxygen atoms in total. The van der Waals surface area contributed by atoms with Gasteiger partial charge in [0.15, 0.2) is 0 Å². The third-order valence-corrected chi connectivity index (χ3v) is 3.49. The van der Waals surface area contributed by atoms with Crippen LogP contribution in [0.15, 0.2) is 24.3 Å². The van der Waals surface area contributed by atoms with Crippen molar-refractivity contribution < 1.29 is 13.2 Å². The molecule has 1 heterocycles. The smallest absolute Gasteiger partial charge is 0.313 e. The number of benzene rings is 1. The molecule has 0 aromatic heterocycles. The molecule has 1 N–H and O–H groups in total. The zero-order valence-corrected chi connectivity index (χ0v) is 11.0. The molecule has 0 saturated carbocycles. The van der Waals surface area contributed by atoms with Gasteiger partial charge in [0.05, 0.1) is 5.56 Å². The lowest BCUT2D eigenvalue weighted by atomic mass is 10.1. The van der Waals surface area contributed by atoms with Gasteiger partial charge in [0.2, 0.25) is 0 Å². The van der Waals surface area contributed by atoms with Crippen LogP contribution in [-0.4, -0.2) is 30.6 Å². The number of nitrogens with zero attached hydrogens (tertiary/aromatic N) is 1. The normalized spacial score (nSPS) is 22.2. The Labute approximate surface area is 111 Å². The van der Waals surface area contributed by atoms with Crippen molar-refractivity contribution in [2.75, 3.05) is 19.6 Å². The lowest BCUT2D eigenvalue weighted by Gasteiger charge is -2.19. The quantitative estimate of drug-likeness (QED) is 0.890. The van der Waals surface area contributed by atoms with E-state index >= 15 is 0 Å². The first-order valence-electron chi connectivity index (χ1n) is 6.57. The highest BCUT2D eigenvalue weighted by Crippen LogP contribution is 2.29. The Morgan fingerprint density at radius 3 is 2.53 bits per heavy atom. The maximum Gasteiger partial charge on any atom is 0.416 e. The van der Waals surface area contributed by atoms with Gasteiger partial charge in [-0.3, -0.25) is 4.90 Å². The molecule has 1 aliphatic heterocycles. The van der Waals surface area contributed by atoms with E-state index in [9.17, 15) is 13.2 Å². The molecule has 5 heteroatoms. The lowest BCUT2D eigenvalue weighted by molar-refractivity contribution is -0.137. The molecule has 1 atom stereocenters. The van der Waals surface area contributed by atoms with Crippen LogP contribution in [0.2, 0.25) is 0 Å². The van der Waals surface area contributed by atoms with E-state index in [4.69, 9.17) is 0 Å². The molecule has 1 aromatic carbocycles. The molecule has 1 aliphatic rings. The predicted octanol–water partition coefficient (Wildman–Crippen LogP) is 2.89. The van der Waals surface area contributed by atoms with E-state index in [1.165, 1.54) is 0 Å². The van der Waals surface area contributed by atoms with Gasteiger partial charge in [-0.15, -0.1) is 0 Å². The van der Waals surface area contributed by atoms with Gasteiger partial charge in [0.1, 0.15) is 0 Å². The van der Waals surface area contributed by atoms with Crippen molar-refractivity contribution >= 4 is 0 Å². The molecular weight excluding hydrogens is 253 g/mol. The summed E-state index contributed by atoms with van der Waals surface area (Å²) in [5.41, 5.74) is 0.352. The van der Waals surface area contributed by atoms with Crippen LogP contribution in [0.25, 0.3) is 0 Å². The molecule has 1 unspecified atom stereocenters. The van der Waals surface area contributed by atoms with Crippen molar-refractivity contribution in [1.29, 1.82) is 0 Å². The van der Waals surface area contributed by atoms with Gasteiger partial charge in [0, 0.05) is 32.2 Å². The molecule has 1 saturated heterocycles. The van der Waals surface area contributed by atoms with Crippen molar-refractivity contribution in [2.24, 2.45) is 0 Å². The molecule has 1 fully saturated rings. The Hall–Kier alpha value is -1.07. The second-order valence-electron chi connectivity index (χ2n) is 5.11. The van der Waals surface area contributed by atoms with Crippen molar-refractivity contribution in [3.63, 3.8) is 0 Å². The number of hydrogen-bond donors (Lipinski definition) is 1. The van der Waals surface area contributed by atoms with Crippen LogP contribution in [0, 0.1) is 0 Å². The van der Waals surface area contributed by atoms with Gasteiger partial charge < -0.3 is 5.32 Å². The summed E-state index contributed by atoms with van der Waals surface area (Å²) >= 11 is 0. The average molecular weight is 272 g/mol. The molecule has 0 amide bonds. The fourth-order valence-corrected chi connectivity index (χ4v) is 2.27. The van der Waals surface area contributed by atoms with Crippen molar-refractivity contribution in [2.45, 2.75) is 32.1 Å².